The van der Waals surface area contributed by atoms with E-state index in [2.05, 4.69) is 5.10 Å². The number of hydrogen-bond acceptors (Lipinski definition) is 3. The van der Waals surface area contributed by atoms with Crippen LogP contribution in [0.15, 0.2) is 67.0 Å². The zero-order valence-corrected chi connectivity index (χ0v) is 14.8. The molecule has 0 radical (unpaired) electrons. The molecule has 6 heteroatoms. The van der Waals surface area contributed by atoms with Crippen molar-refractivity contribution in [3.05, 3.63) is 89.5 Å². The molecular weight excluding hydrogens is 345 g/mol. The minimum Gasteiger partial charge on any atom is -0.370 e. The molecule has 4 rings (SSSR count). The van der Waals surface area contributed by atoms with Gasteiger partial charge in [-0.2, -0.15) is 5.10 Å². The Labute approximate surface area is 157 Å². The molecule has 0 saturated carbocycles. The lowest BCUT2D eigenvalue weighted by molar-refractivity contribution is -0.0228. The van der Waals surface area contributed by atoms with Crippen LogP contribution in [0, 0.1) is 5.82 Å². The van der Waals surface area contributed by atoms with Crippen LogP contribution in [0.25, 0.3) is 0 Å². The molecule has 1 aromatic heterocycles. The molecule has 0 bridgehead atoms. The maximum Gasteiger partial charge on any atom is 0.254 e. The normalized spacial score (nSPS) is 17.1. The smallest absolute Gasteiger partial charge is 0.254 e. The Kier molecular flexibility index (Phi) is 4.98. The molecule has 0 aliphatic carbocycles. The number of benzene rings is 2. The van der Waals surface area contributed by atoms with Gasteiger partial charge in [-0.3, -0.25) is 9.48 Å². The van der Waals surface area contributed by atoms with E-state index in [4.69, 9.17) is 4.74 Å². The third-order valence-corrected chi connectivity index (χ3v) is 4.67. The van der Waals surface area contributed by atoms with E-state index in [9.17, 15) is 9.18 Å². The number of ether oxygens (including phenoxy) is 1. The number of aromatic nitrogens is 2. The first-order valence-electron chi connectivity index (χ1n) is 8.92. The van der Waals surface area contributed by atoms with Gasteiger partial charge in [0, 0.05) is 24.5 Å². The van der Waals surface area contributed by atoms with Crippen molar-refractivity contribution < 1.29 is 13.9 Å². The number of amides is 1. The van der Waals surface area contributed by atoms with Crippen molar-refractivity contribution in [2.75, 3.05) is 19.7 Å². The number of halogens is 1. The van der Waals surface area contributed by atoms with Crippen molar-refractivity contribution in [3.8, 4) is 0 Å². The minimum atomic E-state index is -0.281. The Hall–Kier alpha value is -2.99. The Balaban J connectivity index is 1.48. The van der Waals surface area contributed by atoms with Crippen molar-refractivity contribution >= 4 is 5.91 Å². The number of hydrogen-bond donors (Lipinski definition) is 0. The van der Waals surface area contributed by atoms with E-state index in [1.165, 1.54) is 12.1 Å². The van der Waals surface area contributed by atoms with Crippen molar-refractivity contribution in [1.29, 1.82) is 0 Å². The van der Waals surface area contributed by atoms with Gasteiger partial charge in [-0.1, -0.05) is 24.3 Å². The van der Waals surface area contributed by atoms with Gasteiger partial charge in [-0.05, 0) is 41.5 Å². The molecule has 1 aliphatic rings. The molecule has 1 unspecified atom stereocenters. The van der Waals surface area contributed by atoms with Crippen LogP contribution in [0.3, 0.4) is 0 Å². The lowest BCUT2D eigenvalue weighted by atomic mass is 10.1. The highest BCUT2D eigenvalue weighted by atomic mass is 19.1. The highest BCUT2D eigenvalue weighted by molar-refractivity contribution is 5.94. The van der Waals surface area contributed by atoms with Crippen molar-refractivity contribution in [2.24, 2.45) is 0 Å². The van der Waals surface area contributed by atoms with Gasteiger partial charge < -0.3 is 9.64 Å². The van der Waals surface area contributed by atoms with E-state index in [0.29, 0.717) is 31.8 Å². The summed E-state index contributed by atoms with van der Waals surface area (Å²) in [5, 5.41) is 4.20. The molecule has 1 amide bonds. The molecule has 2 aromatic carbocycles. The van der Waals surface area contributed by atoms with E-state index in [1.54, 1.807) is 23.2 Å². The van der Waals surface area contributed by atoms with Crippen molar-refractivity contribution in [3.63, 3.8) is 0 Å². The van der Waals surface area contributed by atoms with Crippen LogP contribution in [0.4, 0.5) is 4.39 Å². The largest absolute Gasteiger partial charge is 0.370 e. The van der Waals surface area contributed by atoms with Gasteiger partial charge in [0.15, 0.2) is 0 Å². The zero-order valence-electron chi connectivity index (χ0n) is 14.8. The molecule has 1 fully saturated rings. The summed E-state index contributed by atoms with van der Waals surface area (Å²) in [5.74, 6) is -0.302. The van der Waals surface area contributed by atoms with Crippen LogP contribution in [0.5, 0.6) is 0 Å². The number of nitrogens with zero attached hydrogens (tertiary/aromatic N) is 3. The number of carbonyl (C=O) groups is 1. The fourth-order valence-corrected chi connectivity index (χ4v) is 3.28. The Morgan fingerprint density at radius 2 is 2.04 bits per heavy atom. The second-order valence-electron chi connectivity index (χ2n) is 6.57. The summed E-state index contributed by atoms with van der Waals surface area (Å²) in [7, 11) is 0. The second kappa shape index (κ2) is 7.72. The summed E-state index contributed by atoms with van der Waals surface area (Å²) < 4.78 is 20.8. The summed E-state index contributed by atoms with van der Waals surface area (Å²) in [6.07, 6.45) is 3.39. The Bertz CT molecular complexity index is 909. The minimum absolute atomic E-state index is 0.0206. The van der Waals surface area contributed by atoms with Gasteiger partial charge in [0.1, 0.15) is 11.9 Å². The first kappa shape index (κ1) is 17.4. The third-order valence-electron chi connectivity index (χ3n) is 4.67. The van der Waals surface area contributed by atoms with Crippen molar-refractivity contribution in [2.45, 2.75) is 12.6 Å². The fourth-order valence-electron chi connectivity index (χ4n) is 3.28. The summed E-state index contributed by atoms with van der Waals surface area (Å²) >= 11 is 0. The average molecular weight is 365 g/mol. The Morgan fingerprint density at radius 3 is 2.81 bits per heavy atom. The molecule has 5 nitrogen and oxygen atoms in total. The van der Waals surface area contributed by atoms with E-state index in [-0.39, 0.29) is 17.8 Å². The topological polar surface area (TPSA) is 47.4 Å². The van der Waals surface area contributed by atoms with Crippen LogP contribution in [-0.4, -0.2) is 40.3 Å². The number of rotatable bonds is 4. The lowest BCUT2D eigenvalue weighted by Crippen LogP contribution is -2.42. The number of morpholine rings is 1. The van der Waals surface area contributed by atoms with Crippen LogP contribution in [0.1, 0.15) is 27.6 Å². The van der Waals surface area contributed by atoms with Gasteiger partial charge in [0.05, 0.1) is 19.7 Å². The first-order chi connectivity index (χ1) is 13.2. The standard InChI is InChI=1S/C21H20FN3O2/c22-19-7-5-17(6-8-19)20-15-24(11-12-27-20)21(26)18-4-1-3-16(13-18)14-25-10-2-9-23-25/h1-10,13,20H,11-12,14-15H2. The summed E-state index contributed by atoms with van der Waals surface area (Å²) in [4.78, 5) is 14.8. The van der Waals surface area contributed by atoms with Crippen molar-refractivity contribution in [1.82, 2.24) is 14.7 Å². The molecule has 27 heavy (non-hydrogen) atoms. The van der Waals surface area contributed by atoms with E-state index in [1.807, 2.05) is 41.2 Å². The van der Waals surface area contributed by atoms with E-state index >= 15 is 0 Å². The van der Waals surface area contributed by atoms with Crippen LogP contribution in [-0.2, 0) is 11.3 Å². The highest BCUT2D eigenvalue weighted by Gasteiger charge is 2.26. The van der Waals surface area contributed by atoms with E-state index < -0.39 is 0 Å². The molecule has 1 aliphatic heterocycles. The maximum atomic E-state index is 13.1. The van der Waals surface area contributed by atoms with Gasteiger partial charge >= 0.3 is 0 Å². The van der Waals surface area contributed by atoms with Gasteiger partial charge in [0.2, 0.25) is 0 Å². The lowest BCUT2D eigenvalue weighted by Gasteiger charge is -2.33. The molecule has 1 atom stereocenters. The highest BCUT2D eigenvalue weighted by Crippen LogP contribution is 2.23. The van der Waals surface area contributed by atoms with Crippen LogP contribution >= 0.6 is 0 Å². The predicted octanol–water partition coefficient (Wildman–Crippen LogP) is 3.28. The molecule has 0 spiro atoms. The molecule has 2 heterocycles. The average Bonchev–Trinajstić information content (AvgIpc) is 3.21. The SMILES string of the molecule is O=C(c1cccc(Cn2cccn2)c1)N1CCOC(c2ccc(F)cc2)C1. The monoisotopic (exact) mass is 365 g/mol. The second-order valence-corrected chi connectivity index (χ2v) is 6.57. The first-order valence-corrected chi connectivity index (χ1v) is 8.92. The molecule has 1 saturated heterocycles. The van der Waals surface area contributed by atoms with Crippen LogP contribution in [0.2, 0.25) is 0 Å². The molecule has 138 valence electrons. The summed E-state index contributed by atoms with van der Waals surface area (Å²) in [6.45, 7) is 2.07. The van der Waals surface area contributed by atoms with Gasteiger partial charge in [-0.15, -0.1) is 0 Å². The number of carbonyl (C=O) groups excluding carboxylic acids is 1. The molecule has 0 N–H and O–H groups in total. The Morgan fingerprint density at radius 1 is 1.19 bits per heavy atom. The predicted molar refractivity (Wildman–Crippen MR) is 98.8 cm³/mol. The summed E-state index contributed by atoms with van der Waals surface area (Å²) in [5.41, 5.74) is 2.55. The fraction of sp³-hybridized carbons (Fsp3) is 0.238. The van der Waals surface area contributed by atoms with E-state index in [0.717, 1.165) is 11.1 Å². The van der Waals surface area contributed by atoms with Crippen LogP contribution < -0.4 is 0 Å². The molecule has 3 aromatic rings. The maximum absolute atomic E-state index is 13.1. The zero-order chi connectivity index (χ0) is 18.6. The quantitative estimate of drug-likeness (QED) is 0.713. The molecular formula is C21H20FN3O2. The van der Waals surface area contributed by atoms with Gasteiger partial charge in [0.25, 0.3) is 5.91 Å². The van der Waals surface area contributed by atoms with Gasteiger partial charge in [-0.25, -0.2) is 4.39 Å². The third kappa shape index (κ3) is 4.06. The summed E-state index contributed by atoms with van der Waals surface area (Å²) in [6, 6.07) is 15.7.